The number of allylic oxidation sites excluding steroid dienone is 9. The molecule has 0 aliphatic heterocycles. The van der Waals surface area contributed by atoms with E-state index in [2.05, 4.69) is 0 Å². The van der Waals surface area contributed by atoms with Crippen LogP contribution < -0.4 is 5.73 Å². The fourth-order valence-corrected chi connectivity index (χ4v) is 3.74. The predicted octanol–water partition coefficient (Wildman–Crippen LogP) is 4.67. The molecule has 3 aliphatic carbocycles. The van der Waals surface area contributed by atoms with E-state index in [1.54, 1.807) is 0 Å². The Kier molecular flexibility index (Phi) is 8.44. The molecule has 0 bridgehead atoms. The molecule has 0 amide bonds. The number of hydrogen-bond donors (Lipinski definition) is 3. The number of aliphatic hydroxyl groups is 2. The molecular weight excluding hydrogens is 494 g/mol. The molecular formula is C22H21F8NO4. The third kappa shape index (κ3) is 6.33. The van der Waals surface area contributed by atoms with Gasteiger partial charge in [0, 0.05) is 18.4 Å². The summed E-state index contributed by atoms with van der Waals surface area (Å²) in [5.41, 5.74) is 5.63. The average molecular weight is 515 g/mol. The highest BCUT2D eigenvalue weighted by Gasteiger charge is 2.36. The van der Waals surface area contributed by atoms with E-state index in [0.29, 0.717) is 0 Å². The van der Waals surface area contributed by atoms with Gasteiger partial charge >= 0.3 is 0 Å². The second kappa shape index (κ2) is 11.0. The van der Waals surface area contributed by atoms with Gasteiger partial charge in [-0.1, -0.05) is 6.08 Å². The molecule has 13 heteroatoms. The molecule has 3 aliphatic rings. The van der Waals surface area contributed by atoms with Crippen LogP contribution in [0.1, 0.15) is 19.3 Å². The van der Waals surface area contributed by atoms with Crippen LogP contribution in [0, 0.1) is 5.92 Å². The zero-order chi connectivity index (χ0) is 26.0. The first kappa shape index (κ1) is 27.0. The molecule has 7 unspecified atom stereocenters. The van der Waals surface area contributed by atoms with E-state index in [1.165, 1.54) is 6.08 Å². The van der Waals surface area contributed by atoms with E-state index in [4.69, 9.17) is 15.2 Å². The fourth-order valence-electron chi connectivity index (χ4n) is 3.74. The smallest absolute Gasteiger partial charge is 0.220 e. The van der Waals surface area contributed by atoms with Crippen LogP contribution >= 0.6 is 0 Å². The first-order valence-electron chi connectivity index (χ1n) is 10.4. The summed E-state index contributed by atoms with van der Waals surface area (Å²) < 4.78 is 120. The maximum Gasteiger partial charge on any atom is 0.220 e. The Hall–Kier alpha value is -2.64. The molecule has 0 spiro atoms. The zero-order valence-corrected chi connectivity index (χ0v) is 17.8. The van der Waals surface area contributed by atoms with Gasteiger partial charge in [0.25, 0.3) is 0 Å². The summed E-state index contributed by atoms with van der Waals surface area (Å²) in [6.07, 6.45) is -10.7. The largest absolute Gasteiger partial charge is 0.463 e. The number of alkyl halides is 3. The third-order valence-electron chi connectivity index (χ3n) is 5.41. The molecule has 194 valence electrons. The molecule has 5 nitrogen and oxygen atoms in total. The number of hydrogen-bond acceptors (Lipinski definition) is 5. The van der Waals surface area contributed by atoms with Crippen molar-refractivity contribution in [3.63, 3.8) is 0 Å². The second-order valence-electron chi connectivity index (χ2n) is 8.11. The topological polar surface area (TPSA) is 84.9 Å². The van der Waals surface area contributed by atoms with Crippen LogP contribution in [0.15, 0.2) is 70.5 Å². The zero-order valence-electron chi connectivity index (χ0n) is 17.8. The van der Waals surface area contributed by atoms with Crippen molar-refractivity contribution in [1.29, 1.82) is 0 Å². The normalized spacial score (nSPS) is 32.0. The molecule has 3 rings (SSSR count). The molecule has 0 heterocycles. The van der Waals surface area contributed by atoms with E-state index in [0.717, 1.165) is 0 Å². The Morgan fingerprint density at radius 3 is 2.14 bits per heavy atom. The first-order valence-corrected chi connectivity index (χ1v) is 10.4. The molecule has 35 heavy (non-hydrogen) atoms. The van der Waals surface area contributed by atoms with Crippen LogP contribution in [0.4, 0.5) is 35.1 Å². The van der Waals surface area contributed by atoms with Crippen molar-refractivity contribution in [3.8, 4) is 0 Å². The highest BCUT2D eigenvalue weighted by molar-refractivity contribution is 5.37. The van der Waals surface area contributed by atoms with Crippen molar-refractivity contribution in [2.45, 2.75) is 56.4 Å². The van der Waals surface area contributed by atoms with Gasteiger partial charge in [0.1, 0.15) is 12.3 Å². The Morgan fingerprint density at radius 2 is 1.46 bits per heavy atom. The minimum absolute atomic E-state index is 0.0838. The van der Waals surface area contributed by atoms with Crippen LogP contribution in [-0.2, 0) is 9.47 Å². The lowest BCUT2D eigenvalue weighted by atomic mass is 9.85. The molecule has 0 fully saturated rings. The Labute approximate surface area is 194 Å². The monoisotopic (exact) mass is 515 g/mol. The van der Waals surface area contributed by atoms with Gasteiger partial charge in [0.2, 0.25) is 12.1 Å². The van der Waals surface area contributed by atoms with Crippen molar-refractivity contribution in [1.82, 2.24) is 0 Å². The first-order chi connectivity index (χ1) is 16.4. The standard InChI is InChI=1S/C22H21F8NO4/c23-10-4-13(25)17(29)19(15(27)6-10)34-21(32)8-1-9(3-12(31)2-8)22(33)35-20-16(28)7-11(24)5-14(26)18(20)30/h2,4-6,9-12,16,21-22,32-33H,1,3,7,31H2. The van der Waals surface area contributed by atoms with E-state index < -0.39 is 90.1 Å². The lowest BCUT2D eigenvalue weighted by Crippen LogP contribution is -2.37. The van der Waals surface area contributed by atoms with Gasteiger partial charge in [-0.3, -0.25) is 0 Å². The lowest BCUT2D eigenvalue weighted by Gasteiger charge is -2.32. The summed E-state index contributed by atoms with van der Waals surface area (Å²) in [6.45, 7) is 0. The van der Waals surface area contributed by atoms with E-state index in [1.807, 2.05) is 0 Å². The molecule has 0 radical (unpaired) electrons. The van der Waals surface area contributed by atoms with Crippen molar-refractivity contribution in [3.05, 3.63) is 70.5 Å². The van der Waals surface area contributed by atoms with Gasteiger partial charge in [0.15, 0.2) is 47.3 Å². The molecule has 0 aromatic heterocycles. The van der Waals surface area contributed by atoms with Crippen molar-refractivity contribution in [2.24, 2.45) is 11.7 Å². The second-order valence-corrected chi connectivity index (χ2v) is 8.11. The summed E-state index contributed by atoms with van der Waals surface area (Å²) >= 11 is 0. The molecule has 0 aromatic carbocycles. The van der Waals surface area contributed by atoms with Gasteiger partial charge in [-0.05, 0) is 36.6 Å². The van der Waals surface area contributed by atoms with Crippen LogP contribution in [0.3, 0.4) is 0 Å². The highest BCUT2D eigenvalue weighted by Crippen LogP contribution is 2.37. The Morgan fingerprint density at radius 1 is 0.829 bits per heavy atom. The summed E-state index contributed by atoms with van der Waals surface area (Å²) in [6, 6.07) is -0.929. The minimum Gasteiger partial charge on any atom is -0.463 e. The fraction of sp³-hybridized carbons (Fsp3) is 0.455. The number of ether oxygens (including phenoxy) is 2. The Bertz CT molecular complexity index is 1020. The summed E-state index contributed by atoms with van der Waals surface area (Å²) in [7, 11) is 0. The molecule has 0 saturated carbocycles. The number of aliphatic hydroxyl groups excluding tert-OH is 2. The van der Waals surface area contributed by atoms with E-state index in [9.17, 15) is 45.3 Å². The van der Waals surface area contributed by atoms with Crippen LogP contribution in [0.2, 0.25) is 0 Å². The number of rotatable bonds is 6. The molecule has 4 N–H and O–H groups in total. The van der Waals surface area contributed by atoms with E-state index >= 15 is 0 Å². The summed E-state index contributed by atoms with van der Waals surface area (Å²) in [5, 5.41) is 20.7. The highest BCUT2D eigenvalue weighted by atomic mass is 19.2. The number of halogens is 8. The summed E-state index contributed by atoms with van der Waals surface area (Å²) in [5.74, 6) is -12.7. The molecule has 7 atom stereocenters. The minimum atomic E-state index is -2.42. The average Bonchev–Trinajstić information content (AvgIpc) is 2.92. The lowest BCUT2D eigenvalue weighted by molar-refractivity contribution is -0.122. The third-order valence-corrected chi connectivity index (χ3v) is 5.41. The van der Waals surface area contributed by atoms with Gasteiger partial charge in [-0.25, -0.2) is 26.3 Å². The SMILES string of the molecule is NC1C=C(C(O)OC2=C(F)C(F)=CC(F)C=C2F)CC(C(O)OC2=C(F)C(F)=CC(F)CC2F)C1. The quantitative estimate of drug-likeness (QED) is 0.272. The number of nitrogens with two attached hydrogens (primary N) is 1. The Balaban J connectivity index is 1.75. The summed E-state index contributed by atoms with van der Waals surface area (Å²) in [4.78, 5) is 0. The predicted molar refractivity (Wildman–Crippen MR) is 106 cm³/mol. The van der Waals surface area contributed by atoms with Crippen LogP contribution in [0.25, 0.3) is 0 Å². The van der Waals surface area contributed by atoms with Crippen molar-refractivity contribution in [2.75, 3.05) is 0 Å². The molecule has 0 aromatic rings. The van der Waals surface area contributed by atoms with Gasteiger partial charge in [-0.15, -0.1) is 0 Å². The van der Waals surface area contributed by atoms with Crippen LogP contribution in [0.5, 0.6) is 0 Å². The molecule has 0 saturated heterocycles. The van der Waals surface area contributed by atoms with Gasteiger partial charge in [0.05, 0.1) is 0 Å². The maximum absolute atomic E-state index is 14.2. The van der Waals surface area contributed by atoms with Crippen molar-refractivity contribution >= 4 is 0 Å². The maximum atomic E-state index is 14.2. The van der Waals surface area contributed by atoms with Gasteiger partial charge < -0.3 is 25.4 Å². The van der Waals surface area contributed by atoms with Crippen LogP contribution in [-0.4, -0.2) is 47.3 Å². The van der Waals surface area contributed by atoms with Gasteiger partial charge in [-0.2, -0.15) is 8.78 Å². The van der Waals surface area contributed by atoms with E-state index in [-0.39, 0.29) is 36.6 Å². The van der Waals surface area contributed by atoms with Crippen molar-refractivity contribution < 1.29 is 54.8 Å².